The van der Waals surface area contributed by atoms with Crippen molar-refractivity contribution in [2.75, 3.05) is 7.11 Å². The summed E-state index contributed by atoms with van der Waals surface area (Å²) in [4.78, 5) is 11.7. The molecule has 0 amide bonds. The number of ether oxygens (including phenoxy) is 3. The molecule has 11 heteroatoms. The predicted octanol–water partition coefficient (Wildman–Crippen LogP) is 2.65. The van der Waals surface area contributed by atoms with Crippen molar-refractivity contribution in [1.82, 2.24) is 9.78 Å². The number of aromatic nitrogens is 2. The van der Waals surface area contributed by atoms with Gasteiger partial charge in [-0.25, -0.2) is 9.07 Å². The lowest BCUT2D eigenvalue weighted by atomic mass is 10.2. The zero-order valence-electron chi connectivity index (χ0n) is 12.6. The highest BCUT2D eigenvalue weighted by Gasteiger charge is 2.66. The number of aryl methyl sites for hydroxylation is 1. The molecule has 0 saturated carbocycles. The van der Waals surface area contributed by atoms with Crippen molar-refractivity contribution in [3.8, 4) is 22.9 Å². The molecule has 1 aliphatic heterocycles. The standard InChI is InChI=1S/C14H9F5N2O4/c1-6-12(22)11(23-2)5-21(20-6)8-4-10-9(3-7(8)15)24-13(16,17)14(18,19)25-10/h3-5H,1-2H3. The van der Waals surface area contributed by atoms with E-state index in [9.17, 15) is 26.7 Å². The van der Waals surface area contributed by atoms with E-state index in [1.54, 1.807) is 0 Å². The topological polar surface area (TPSA) is 62.6 Å². The zero-order chi connectivity index (χ0) is 18.6. The van der Waals surface area contributed by atoms with Crippen molar-refractivity contribution < 1.29 is 36.2 Å². The average Bonchev–Trinajstić information content (AvgIpc) is 2.50. The second-order valence-corrected chi connectivity index (χ2v) is 5.04. The highest BCUT2D eigenvalue weighted by Crippen LogP contribution is 2.47. The van der Waals surface area contributed by atoms with Crippen molar-refractivity contribution in [1.29, 1.82) is 0 Å². The minimum Gasteiger partial charge on any atom is -0.491 e. The van der Waals surface area contributed by atoms with Crippen LogP contribution in [0.2, 0.25) is 0 Å². The van der Waals surface area contributed by atoms with Gasteiger partial charge in [0.2, 0.25) is 5.43 Å². The molecule has 1 aliphatic rings. The molecule has 0 fully saturated rings. The lowest BCUT2D eigenvalue weighted by Crippen LogP contribution is -2.52. The zero-order valence-corrected chi connectivity index (χ0v) is 12.6. The normalized spacial score (nSPS) is 17.2. The summed E-state index contributed by atoms with van der Waals surface area (Å²) in [5, 5.41) is 3.78. The number of halogens is 5. The summed E-state index contributed by atoms with van der Waals surface area (Å²) >= 11 is 0. The van der Waals surface area contributed by atoms with E-state index in [1.807, 2.05) is 0 Å². The number of rotatable bonds is 2. The van der Waals surface area contributed by atoms with E-state index in [0.29, 0.717) is 12.1 Å². The third kappa shape index (κ3) is 2.65. The van der Waals surface area contributed by atoms with Crippen LogP contribution >= 0.6 is 0 Å². The van der Waals surface area contributed by atoms with Crippen molar-refractivity contribution in [2.24, 2.45) is 0 Å². The second-order valence-electron chi connectivity index (χ2n) is 5.04. The number of hydrogen-bond donors (Lipinski definition) is 0. The van der Waals surface area contributed by atoms with Crippen LogP contribution < -0.4 is 19.6 Å². The van der Waals surface area contributed by atoms with Gasteiger partial charge in [-0.2, -0.15) is 22.7 Å². The Balaban J connectivity index is 2.15. The molecule has 0 unspecified atom stereocenters. The first-order valence-corrected chi connectivity index (χ1v) is 6.68. The third-order valence-corrected chi connectivity index (χ3v) is 3.34. The van der Waals surface area contributed by atoms with Gasteiger partial charge in [-0.05, 0) is 6.92 Å². The molecule has 25 heavy (non-hydrogen) atoms. The first-order chi connectivity index (χ1) is 11.6. The molecule has 1 aromatic carbocycles. The fourth-order valence-electron chi connectivity index (χ4n) is 2.11. The molecule has 0 bridgehead atoms. The van der Waals surface area contributed by atoms with Crippen LogP contribution in [-0.4, -0.2) is 29.1 Å². The molecule has 1 aromatic heterocycles. The number of methoxy groups -OCH3 is 1. The Kier molecular flexibility index (Phi) is 3.62. The number of benzene rings is 1. The number of alkyl halides is 4. The maximum atomic E-state index is 14.2. The Bertz CT molecular complexity index is 913. The summed E-state index contributed by atoms with van der Waals surface area (Å²) in [5.41, 5.74) is -1.06. The highest BCUT2D eigenvalue weighted by molar-refractivity contribution is 5.51. The number of fused-ring (bicyclic) bond motifs is 1. The molecule has 0 atom stereocenters. The number of hydrogen-bond acceptors (Lipinski definition) is 5. The van der Waals surface area contributed by atoms with Crippen LogP contribution in [0.25, 0.3) is 5.69 Å². The van der Waals surface area contributed by atoms with E-state index in [0.717, 1.165) is 10.9 Å². The molecular formula is C14H9F5N2O4. The molecule has 0 aliphatic carbocycles. The molecule has 0 N–H and O–H groups in total. The largest absolute Gasteiger partial charge is 0.507 e. The maximum Gasteiger partial charge on any atom is 0.507 e. The van der Waals surface area contributed by atoms with Gasteiger partial charge in [0.25, 0.3) is 0 Å². The smallest absolute Gasteiger partial charge is 0.491 e. The van der Waals surface area contributed by atoms with E-state index in [2.05, 4.69) is 14.6 Å². The van der Waals surface area contributed by atoms with Gasteiger partial charge >= 0.3 is 12.2 Å². The minimum absolute atomic E-state index is 0.0643. The summed E-state index contributed by atoms with van der Waals surface area (Å²) in [6.45, 7) is 1.33. The van der Waals surface area contributed by atoms with E-state index in [4.69, 9.17) is 4.74 Å². The Morgan fingerprint density at radius 3 is 2.24 bits per heavy atom. The summed E-state index contributed by atoms with van der Waals surface area (Å²) in [5.74, 6) is -3.02. The highest BCUT2D eigenvalue weighted by atomic mass is 19.3. The quantitative estimate of drug-likeness (QED) is 0.767. The van der Waals surface area contributed by atoms with E-state index >= 15 is 0 Å². The van der Waals surface area contributed by atoms with E-state index < -0.39 is 40.6 Å². The molecule has 134 valence electrons. The SMILES string of the molecule is COc1cn(-c2cc3c(cc2F)OC(F)(F)C(F)(F)O3)nc(C)c1=O. The molecular weight excluding hydrogens is 355 g/mol. The van der Waals surface area contributed by atoms with Gasteiger partial charge in [0.05, 0.1) is 13.3 Å². The van der Waals surface area contributed by atoms with Gasteiger partial charge in [0.15, 0.2) is 23.1 Å². The summed E-state index contributed by atoms with van der Waals surface area (Å²) in [6.07, 6.45) is -8.89. The predicted molar refractivity (Wildman–Crippen MR) is 72.2 cm³/mol. The Labute approximate surface area is 136 Å². The van der Waals surface area contributed by atoms with E-state index in [-0.39, 0.29) is 11.4 Å². The van der Waals surface area contributed by atoms with Gasteiger partial charge < -0.3 is 14.2 Å². The fourth-order valence-corrected chi connectivity index (χ4v) is 2.11. The van der Waals surface area contributed by atoms with Crippen molar-refractivity contribution in [3.05, 3.63) is 40.1 Å². The van der Waals surface area contributed by atoms with Gasteiger partial charge in [-0.1, -0.05) is 0 Å². The van der Waals surface area contributed by atoms with Crippen LogP contribution in [0.4, 0.5) is 22.0 Å². The van der Waals surface area contributed by atoms with Crippen LogP contribution in [0.3, 0.4) is 0 Å². The van der Waals surface area contributed by atoms with Crippen molar-refractivity contribution in [3.63, 3.8) is 0 Å². The van der Waals surface area contributed by atoms with Crippen LogP contribution in [0.15, 0.2) is 23.1 Å². The van der Waals surface area contributed by atoms with Crippen molar-refractivity contribution in [2.45, 2.75) is 19.1 Å². The van der Waals surface area contributed by atoms with E-state index in [1.165, 1.54) is 14.0 Å². The molecule has 2 heterocycles. The Morgan fingerprint density at radius 1 is 1.12 bits per heavy atom. The fraction of sp³-hybridized carbons (Fsp3) is 0.286. The van der Waals surface area contributed by atoms with Crippen LogP contribution in [0.5, 0.6) is 17.2 Å². The molecule has 0 radical (unpaired) electrons. The summed E-state index contributed by atoms with van der Waals surface area (Å²) < 4.78 is 80.4. The molecule has 0 spiro atoms. The third-order valence-electron chi connectivity index (χ3n) is 3.34. The lowest BCUT2D eigenvalue weighted by molar-refractivity contribution is -0.391. The maximum absolute atomic E-state index is 14.2. The van der Waals surface area contributed by atoms with Crippen molar-refractivity contribution >= 4 is 0 Å². The molecule has 2 aromatic rings. The summed E-state index contributed by atoms with van der Waals surface area (Å²) in [7, 11) is 1.20. The number of nitrogens with zero attached hydrogens (tertiary/aromatic N) is 2. The van der Waals surface area contributed by atoms with Gasteiger partial charge in [0.1, 0.15) is 11.4 Å². The van der Waals surface area contributed by atoms with Crippen LogP contribution in [-0.2, 0) is 0 Å². The second kappa shape index (κ2) is 5.33. The van der Waals surface area contributed by atoms with Crippen LogP contribution in [0.1, 0.15) is 5.69 Å². The lowest BCUT2D eigenvalue weighted by Gasteiger charge is -2.32. The van der Waals surface area contributed by atoms with Gasteiger partial charge in [-0.3, -0.25) is 4.79 Å². The minimum atomic E-state index is -4.95. The Hall–Kier alpha value is -2.85. The van der Waals surface area contributed by atoms with Gasteiger partial charge in [0, 0.05) is 12.1 Å². The van der Waals surface area contributed by atoms with Crippen LogP contribution in [0, 0.1) is 12.7 Å². The van der Waals surface area contributed by atoms with Gasteiger partial charge in [-0.15, -0.1) is 0 Å². The molecule has 3 rings (SSSR count). The first-order valence-electron chi connectivity index (χ1n) is 6.68. The molecule has 0 saturated heterocycles. The monoisotopic (exact) mass is 364 g/mol. The molecule has 6 nitrogen and oxygen atoms in total. The summed E-state index contributed by atoms with van der Waals surface area (Å²) in [6, 6.07) is 1.15. The Morgan fingerprint density at radius 2 is 1.68 bits per heavy atom. The average molecular weight is 364 g/mol. The first kappa shape index (κ1) is 17.0.